The summed E-state index contributed by atoms with van der Waals surface area (Å²) in [5.41, 5.74) is 2.52. The third-order valence-electron chi connectivity index (χ3n) is 4.71. The van der Waals surface area contributed by atoms with Gasteiger partial charge in [0, 0.05) is 31.9 Å². The molecule has 0 saturated carbocycles. The van der Waals surface area contributed by atoms with Gasteiger partial charge in [-0.1, -0.05) is 17.7 Å². The molecule has 2 aromatic carbocycles. The Hall–Kier alpha value is -2.18. The van der Waals surface area contributed by atoms with Gasteiger partial charge in [0.15, 0.2) is 0 Å². The number of nitrogens with one attached hydrogen (secondary N) is 2. The number of halogens is 3. The van der Waals surface area contributed by atoms with E-state index in [1.54, 1.807) is 18.2 Å². The van der Waals surface area contributed by atoms with E-state index in [2.05, 4.69) is 10.6 Å². The fourth-order valence-corrected chi connectivity index (χ4v) is 3.51. The second-order valence-electron chi connectivity index (χ2n) is 6.63. The van der Waals surface area contributed by atoms with Crippen LogP contribution in [0.1, 0.15) is 11.1 Å². The van der Waals surface area contributed by atoms with Crippen molar-refractivity contribution in [1.82, 2.24) is 10.6 Å². The van der Waals surface area contributed by atoms with Gasteiger partial charge in [0.05, 0.1) is 5.02 Å². The molecule has 3 rings (SSSR count). The maximum atomic E-state index is 13.4. The van der Waals surface area contributed by atoms with Gasteiger partial charge in [0.25, 0.3) is 0 Å². The van der Waals surface area contributed by atoms with Crippen LogP contribution in [0, 0.1) is 18.6 Å². The van der Waals surface area contributed by atoms with Crippen molar-refractivity contribution < 1.29 is 13.6 Å². The molecular formula is C20H22ClF2N3O. The van der Waals surface area contributed by atoms with Gasteiger partial charge in [0.2, 0.25) is 5.91 Å². The number of aryl methyl sites for hydroxylation is 1. The second kappa shape index (κ2) is 8.67. The molecule has 0 radical (unpaired) electrons. The molecule has 7 heteroatoms. The number of amides is 1. The predicted molar refractivity (Wildman–Crippen MR) is 103 cm³/mol. The van der Waals surface area contributed by atoms with Gasteiger partial charge in [-0.25, -0.2) is 8.78 Å². The van der Waals surface area contributed by atoms with Crippen LogP contribution in [0.2, 0.25) is 5.02 Å². The van der Waals surface area contributed by atoms with E-state index < -0.39 is 5.82 Å². The fraction of sp³-hybridized carbons (Fsp3) is 0.350. The summed E-state index contributed by atoms with van der Waals surface area (Å²) in [6.45, 7) is 4.21. The maximum absolute atomic E-state index is 13.4. The number of benzene rings is 2. The molecule has 0 aliphatic carbocycles. The Kier molecular flexibility index (Phi) is 6.29. The lowest BCUT2D eigenvalue weighted by Crippen LogP contribution is -2.58. The minimum Gasteiger partial charge on any atom is -0.357 e. The Morgan fingerprint density at radius 1 is 1.30 bits per heavy atom. The van der Waals surface area contributed by atoms with E-state index in [4.69, 9.17) is 11.6 Å². The highest BCUT2D eigenvalue weighted by Gasteiger charge is 2.29. The lowest BCUT2D eigenvalue weighted by molar-refractivity contribution is -0.122. The average molecular weight is 394 g/mol. The first-order chi connectivity index (χ1) is 13.0. The highest BCUT2D eigenvalue weighted by atomic mass is 35.5. The largest absolute Gasteiger partial charge is 0.357 e. The van der Waals surface area contributed by atoms with E-state index in [0.29, 0.717) is 26.1 Å². The Morgan fingerprint density at radius 3 is 2.85 bits per heavy atom. The monoisotopic (exact) mass is 393 g/mol. The number of carbonyl (C=O) groups excluding carboxylic acids is 1. The summed E-state index contributed by atoms with van der Waals surface area (Å²) >= 11 is 5.79. The fourth-order valence-electron chi connectivity index (χ4n) is 3.31. The molecule has 1 atom stereocenters. The zero-order valence-electron chi connectivity index (χ0n) is 15.1. The summed E-state index contributed by atoms with van der Waals surface area (Å²) in [5.74, 6) is -0.840. The quantitative estimate of drug-likeness (QED) is 0.820. The van der Waals surface area contributed by atoms with Crippen LogP contribution in [0.4, 0.5) is 14.5 Å². The van der Waals surface area contributed by atoms with Crippen molar-refractivity contribution >= 4 is 23.2 Å². The topological polar surface area (TPSA) is 44.4 Å². The van der Waals surface area contributed by atoms with Crippen LogP contribution in [-0.2, 0) is 11.2 Å². The third kappa shape index (κ3) is 4.76. The van der Waals surface area contributed by atoms with Crippen LogP contribution < -0.4 is 15.5 Å². The van der Waals surface area contributed by atoms with Crippen LogP contribution >= 0.6 is 11.6 Å². The van der Waals surface area contributed by atoms with E-state index in [1.165, 1.54) is 18.2 Å². The van der Waals surface area contributed by atoms with Crippen LogP contribution in [0.25, 0.3) is 0 Å². The molecule has 1 aliphatic heterocycles. The Morgan fingerprint density at radius 2 is 2.11 bits per heavy atom. The molecule has 1 heterocycles. The summed E-state index contributed by atoms with van der Waals surface area (Å²) in [6.07, 6.45) is 0.557. The number of carbonyl (C=O) groups is 1. The Balaban J connectivity index is 1.63. The van der Waals surface area contributed by atoms with E-state index in [0.717, 1.165) is 23.4 Å². The third-order valence-corrected chi connectivity index (χ3v) is 5.00. The molecule has 1 amide bonds. The van der Waals surface area contributed by atoms with Crippen LogP contribution in [0.15, 0.2) is 36.4 Å². The molecule has 144 valence electrons. The highest BCUT2D eigenvalue weighted by Crippen LogP contribution is 2.24. The van der Waals surface area contributed by atoms with Crippen LogP contribution in [-0.4, -0.2) is 38.1 Å². The van der Waals surface area contributed by atoms with Gasteiger partial charge >= 0.3 is 0 Å². The molecule has 2 aromatic rings. The number of anilines is 1. The molecule has 27 heavy (non-hydrogen) atoms. The molecule has 0 spiro atoms. The van der Waals surface area contributed by atoms with Crippen molar-refractivity contribution in [2.45, 2.75) is 19.4 Å². The molecular weight excluding hydrogens is 372 g/mol. The lowest BCUT2D eigenvalue weighted by atomic mass is 10.1. The summed E-state index contributed by atoms with van der Waals surface area (Å²) in [7, 11) is 0. The Labute approximate surface area is 162 Å². The van der Waals surface area contributed by atoms with Crippen molar-refractivity contribution in [3.63, 3.8) is 0 Å². The van der Waals surface area contributed by atoms with Gasteiger partial charge in [0.1, 0.15) is 17.7 Å². The number of hydrogen-bond donors (Lipinski definition) is 2. The van der Waals surface area contributed by atoms with Gasteiger partial charge < -0.3 is 15.5 Å². The summed E-state index contributed by atoms with van der Waals surface area (Å²) in [5, 5.41) is 6.24. The van der Waals surface area contributed by atoms with E-state index in [-0.39, 0.29) is 22.8 Å². The van der Waals surface area contributed by atoms with Crippen molar-refractivity contribution in [2.24, 2.45) is 0 Å². The highest BCUT2D eigenvalue weighted by molar-refractivity contribution is 6.30. The second-order valence-corrected chi connectivity index (χ2v) is 7.04. The predicted octanol–water partition coefficient (Wildman–Crippen LogP) is 3.06. The number of hydrogen-bond acceptors (Lipinski definition) is 3. The van der Waals surface area contributed by atoms with Crippen molar-refractivity contribution in [3.05, 3.63) is 64.2 Å². The summed E-state index contributed by atoms with van der Waals surface area (Å²) in [6, 6.07) is 8.78. The summed E-state index contributed by atoms with van der Waals surface area (Å²) in [4.78, 5) is 14.7. The molecule has 4 nitrogen and oxygen atoms in total. The van der Waals surface area contributed by atoms with Crippen molar-refractivity contribution in [2.75, 3.05) is 31.1 Å². The van der Waals surface area contributed by atoms with Crippen molar-refractivity contribution in [3.8, 4) is 0 Å². The van der Waals surface area contributed by atoms with E-state index in [1.807, 2.05) is 11.8 Å². The van der Waals surface area contributed by atoms with E-state index >= 15 is 0 Å². The SMILES string of the molecule is Cc1cc(F)ccc1N1CCNCC1C(=O)NCCc1ccc(F)c(Cl)c1. The number of piperazine rings is 1. The van der Waals surface area contributed by atoms with Gasteiger partial charge in [-0.15, -0.1) is 0 Å². The first kappa shape index (κ1) is 19.6. The molecule has 0 aromatic heterocycles. The smallest absolute Gasteiger partial charge is 0.244 e. The average Bonchev–Trinajstić information content (AvgIpc) is 2.64. The van der Waals surface area contributed by atoms with Gasteiger partial charge in [-0.2, -0.15) is 0 Å². The minimum atomic E-state index is -0.456. The number of nitrogens with zero attached hydrogens (tertiary/aromatic N) is 1. The maximum Gasteiger partial charge on any atom is 0.244 e. The minimum absolute atomic E-state index is 0.0771. The van der Waals surface area contributed by atoms with E-state index in [9.17, 15) is 13.6 Å². The first-order valence-corrected chi connectivity index (χ1v) is 9.28. The summed E-state index contributed by atoms with van der Waals surface area (Å²) < 4.78 is 26.6. The molecule has 0 bridgehead atoms. The zero-order chi connectivity index (χ0) is 19.4. The zero-order valence-corrected chi connectivity index (χ0v) is 15.8. The van der Waals surface area contributed by atoms with Crippen LogP contribution in [0.3, 0.4) is 0 Å². The molecule has 1 saturated heterocycles. The van der Waals surface area contributed by atoms with Gasteiger partial charge in [-0.3, -0.25) is 4.79 Å². The lowest BCUT2D eigenvalue weighted by Gasteiger charge is -2.37. The van der Waals surface area contributed by atoms with Gasteiger partial charge in [-0.05, 0) is 54.8 Å². The standard InChI is InChI=1S/C20H22ClF2N3O/c1-13-10-15(22)3-5-18(13)26-9-8-24-12-19(26)20(27)25-7-6-14-2-4-17(23)16(21)11-14/h2-5,10-11,19,24H,6-9,12H2,1H3,(H,25,27). The van der Waals surface area contributed by atoms with Crippen LogP contribution in [0.5, 0.6) is 0 Å². The number of rotatable bonds is 5. The molecule has 1 unspecified atom stereocenters. The Bertz CT molecular complexity index is 831. The molecule has 1 fully saturated rings. The first-order valence-electron chi connectivity index (χ1n) is 8.91. The molecule has 2 N–H and O–H groups in total. The normalized spacial score (nSPS) is 17.0. The molecule has 1 aliphatic rings. The van der Waals surface area contributed by atoms with Crippen molar-refractivity contribution in [1.29, 1.82) is 0 Å².